The zero-order valence-corrected chi connectivity index (χ0v) is 12.2. The van der Waals surface area contributed by atoms with E-state index < -0.39 is 0 Å². The van der Waals surface area contributed by atoms with Gasteiger partial charge in [-0.2, -0.15) is 0 Å². The first-order chi connectivity index (χ1) is 10.1. The summed E-state index contributed by atoms with van der Waals surface area (Å²) < 4.78 is 5.26. The van der Waals surface area contributed by atoms with Crippen LogP contribution >= 0.6 is 11.8 Å². The molecule has 108 valence electrons. The molecule has 1 aromatic heterocycles. The molecule has 2 aromatic rings. The van der Waals surface area contributed by atoms with Crippen LogP contribution in [0.4, 0.5) is 5.69 Å². The van der Waals surface area contributed by atoms with Crippen LogP contribution in [-0.4, -0.2) is 17.6 Å². The zero-order valence-electron chi connectivity index (χ0n) is 11.4. The minimum absolute atomic E-state index is 0.0472. The van der Waals surface area contributed by atoms with Crippen molar-refractivity contribution < 1.29 is 14.0 Å². The van der Waals surface area contributed by atoms with Crippen LogP contribution in [0.25, 0.3) is 0 Å². The van der Waals surface area contributed by atoms with Crippen molar-refractivity contribution in [2.75, 3.05) is 11.1 Å². The number of hydrogen-bond donors (Lipinski definition) is 2. The first kappa shape index (κ1) is 13.8. The lowest BCUT2D eigenvalue weighted by atomic mass is 10.1. The number of amides is 2. The smallest absolute Gasteiger partial charge is 0.251 e. The number of thioether (sulfide) groups is 1. The molecule has 1 aliphatic rings. The second-order valence-electron chi connectivity index (χ2n) is 4.76. The van der Waals surface area contributed by atoms with Gasteiger partial charge in [-0.3, -0.25) is 9.59 Å². The van der Waals surface area contributed by atoms with E-state index in [1.165, 1.54) is 11.8 Å². The van der Waals surface area contributed by atoms with E-state index in [9.17, 15) is 9.59 Å². The summed E-state index contributed by atoms with van der Waals surface area (Å²) in [6.07, 6.45) is 1.57. The number of rotatable bonds is 3. The molecule has 5 nitrogen and oxygen atoms in total. The normalized spacial score (nSPS) is 15.0. The third kappa shape index (κ3) is 2.95. The predicted octanol–water partition coefficient (Wildman–Crippen LogP) is 2.81. The fourth-order valence-electron chi connectivity index (χ4n) is 2.11. The van der Waals surface area contributed by atoms with Crippen molar-refractivity contribution in [1.82, 2.24) is 5.32 Å². The van der Waals surface area contributed by atoms with Crippen LogP contribution in [0.3, 0.4) is 0 Å². The molecule has 0 bridgehead atoms. The molecule has 0 aliphatic carbocycles. The number of carbonyl (C=O) groups excluding carboxylic acids is 2. The topological polar surface area (TPSA) is 71.3 Å². The Morgan fingerprint density at radius 1 is 1.43 bits per heavy atom. The van der Waals surface area contributed by atoms with Gasteiger partial charge in [0, 0.05) is 10.5 Å². The van der Waals surface area contributed by atoms with E-state index >= 15 is 0 Å². The van der Waals surface area contributed by atoms with Gasteiger partial charge in [-0.1, -0.05) is 0 Å². The highest BCUT2D eigenvalue weighted by atomic mass is 32.2. The number of carbonyl (C=O) groups is 2. The lowest BCUT2D eigenvalue weighted by Crippen LogP contribution is -2.27. The van der Waals surface area contributed by atoms with Crippen LogP contribution in [0.2, 0.25) is 0 Å². The largest absolute Gasteiger partial charge is 0.467 e. The molecule has 21 heavy (non-hydrogen) atoms. The summed E-state index contributed by atoms with van der Waals surface area (Å²) in [6.45, 7) is 1.85. The van der Waals surface area contributed by atoms with Crippen molar-refractivity contribution >= 4 is 29.3 Å². The molecule has 1 atom stereocenters. The molecule has 2 heterocycles. The van der Waals surface area contributed by atoms with Crippen molar-refractivity contribution in [2.24, 2.45) is 0 Å². The van der Waals surface area contributed by atoms with Gasteiger partial charge in [0.25, 0.3) is 5.91 Å². The van der Waals surface area contributed by atoms with Crippen molar-refractivity contribution in [3.8, 4) is 0 Å². The Labute approximate surface area is 126 Å². The monoisotopic (exact) mass is 302 g/mol. The van der Waals surface area contributed by atoms with Gasteiger partial charge >= 0.3 is 0 Å². The second kappa shape index (κ2) is 5.65. The van der Waals surface area contributed by atoms with E-state index in [1.54, 1.807) is 24.5 Å². The molecule has 0 saturated heterocycles. The Kier molecular flexibility index (Phi) is 3.70. The Balaban J connectivity index is 1.76. The Bertz CT molecular complexity index is 682. The molecule has 0 spiro atoms. The molecule has 3 rings (SSSR count). The van der Waals surface area contributed by atoms with Gasteiger partial charge < -0.3 is 15.1 Å². The molecule has 0 saturated carbocycles. The predicted molar refractivity (Wildman–Crippen MR) is 80.4 cm³/mol. The highest BCUT2D eigenvalue weighted by molar-refractivity contribution is 8.00. The molecule has 0 unspecified atom stereocenters. The molecule has 0 radical (unpaired) electrons. The van der Waals surface area contributed by atoms with E-state index in [0.29, 0.717) is 22.8 Å². The van der Waals surface area contributed by atoms with Crippen molar-refractivity contribution in [2.45, 2.75) is 17.9 Å². The summed E-state index contributed by atoms with van der Waals surface area (Å²) >= 11 is 1.47. The first-order valence-electron chi connectivity index (χ1n) is 6.54. The maximum absolute atomic E-state index is 12.2. The van der Waals surface area contributed by atoms with Gasteiger partial charge in [0.15, 0.2) is 0 Å². The lowest BCUT2D eigenvalue weighted by Gasteiger charge is -2.17. The summed E-state index contributed by atoms with van der Waals surface area (Å²) in [5, 5.41) is 5.64. The van der Waals surface area contributed by atoms with Crippen molar-refractivity contribution in [1.29, 1.82) is 0 Å². The Morgan fingerprint density at radius 2 is 2.29 bits per heavy atom. The summed E-state index contributed by atoms with van der Waals surface area (Å²) in [4.78, 5) is 24.6. The second-order valence-corrected chi connectivity index (χ2v) is 5.78. The van der Waals surface area contributed by atoms with E-state index in [0.717, 1.165) is 4.90 Å². The van der Waals surface area contributed by atoms with Crippen molar-refractivity contribution in [3.63, 3.8) is 0 Å². The average Bonchev–Trinajstić information content (AvgIpc) is 3.00. The first-order valence-corrected chi connectivity index (χ1v) is 7.53. The van der Waals surface area contributed by atoms with E-state index in [2.05, 4.69) is 10.6 Å². The fraction of sp³-hybridized carbons (Fsp3) is 0.200. The molecule has 2 amide bonds. The van der Waals surface area contributed by atoms with Gasteiger partial charge in [0.1, 0.15) is 5.76 Å². The van der Waals surface area contributed by atoms with Crippen LogP contribution in [0, 0.1) is 0 Å². The van der Waals surface area contributed by atoms with E-state index in [4.69, 9.17) is 4.42 Å². The Hall–Kier alpha value is -2.21. The third-order valence-electron chi connectivity index (χ3n) is 3.19. The quantitative estimate of drug-likeness (QED) is 0.914. The maximum Gasteiger partial charge on any atom is 0.251 e. The number of hydrogen-bond acceptors (Lipinski definition) is 4. The van der Waals surface area contributed by atoms with E-state index in [1.807, 2.05) is 19.1 Å². The van der Waals surface area contributed by atoms with Crippen LogP contribution in [0.5, 0.6) is 0 Å². The maximum atomic E-state index is 12.2. The molecular weight excluding hydrogens is 288 g/mol. The van der Waals surface area contributed by atoms with Crippen LogP contribution in [0.1, 0.15) is 29.1 Å². The molecule has 2 N–H and O–H groups in total. The SMILES string of the molecule is C[C@H](NC(=O)c1ccc2c(c1)NC(=O)CS2)c1ccco1. The molecule has 0 fully saturated rings. The summed E-state index contributed by atoms with van der Waals surface area (Å²) in [6, 6.07) is 8.69. The highest BCUT2D eigenvalue weighted by Gasteiger charge is 2.18. The zero-order chi connectivity index (χ0) is 14.8. The summed E-state index contributed by atoms with van der Waals surface area (Å²) in [5.74, 6) is 0.861. The number of benzene rings is 1. The van der Waals surface area contributed by atoms with Gasteiger partial charge in [-0.05, 0) is 37.3 Å². The standard InChI is InChI=1S/C15H14N2O3S/c1-9(12-3-2-6-20-12)16-15(19)10-4-5-13-11(7-10)17-14(18)8-21-13/h2-7,9H,8H2,1H3,(H,16,19)(H,17,18)/t9-/m0/s1. The van der Waals surface area contributed by atoms with Crippen molar-refractivity contribution in [3.05, 3.63) is 47.9 Å². The van der Waals surface area contributed by atoms with Crippen LogP contribution < -0.4 is 10.6 Å². The average molecular weight is 302 g/mol. The minimum Gasteiger partial charge on any atom is -0.467 e. The van der Waals surface area contributed by atoms with Gasteiger partial charge in [0.2, 0.25) is 5.91 Å². The minimum atomic E-state index is -0.215. The van der Waals surface area contributed by atoms with Gasteiger partial charge in [-0.25, -0.2) is 0 Å². The number of furan rings is 1. The molecule has 6 heteroatoms. The number of fused-ring (bicyclic) bond motifs is 1. The molecule has 1 aliphatic heterocycles. The fourth-order valence-corrected chi connectivity index (χ4v) is 2.90. The van der Waals surface area contributed by atoms with E-state index in [-0.39, 0.29) is 17.9 Å². The Morgan fingerprint density at radius 3 is 3.05 bits per heavy atom. The molecular formula is C15H14N2O3S. The molecule has 1 aromatic carbocycles. The van der Waals surface area contributed by atoms with Gasteiger partial charge in [0.05, 0.1) is 23.7 Å². The van der Waals surface area contributed by atoms with Crippen LogP contribution in [-0.2, 0) is 4.79 Å². The number of anilines is 1. The highest BCUT2D eigenvalue weighted by Crippen LogP contribution is 2.32. The third-order valence-corrected chi connectivity index (χ3v) is 4.27. The summed E-state index contributed by atoms with van der Waals surface area (Å²) in [7, 11) is 0. The summed E-state index contributed by atoms with van der Waals surface area (Å²) in [5.41, 5.74) is 1.20. The van der Waals surface area contributed by atoms with Gasteiger partial charge in [-0.15, -0.1) is 11.8 Å². The van der Waals surface area contributed by atoms with Crippen LogP contribution in [0.15, 0.2) is 45.9 Å². The number of nitrogens with one attached hydrogen (secondary N) is 2. The lowest BCUT2D eigenvalue weighted by molar-refractivity contribution is -0.113.